The van der Waals surface area contributed by atoms with Gasteiger partial charge in [0.25, 0.3) is 0 Å². The van der Waals surface area contributed by atoms with E-state index in [2.05, 4.69) is 4.98 Å². The third-order valence-electron chi connectivity index (χ3n) is 1.56. The van der Waals surface area contributed by atoms with E-state index in [4.69, 9.17) is 0 Å². The molecule has 0 fully saturated rings. The van der Waals surface area contributed by atoms with Crippen molar-refractivity contribution in [2.45, 2.75) is 6.92 Å². The summed E-state index contributed by atoms with van der Waals surface area (Å²) in [5.74, 6) is -0.932. The topological polar surface area (TPSA) is 47.0 Å². The minimum Gasteiger partial charge on any atom is -0.286 e. The van der Waals surface area contributed by atoms with Crippen LogP contribution in [-0.4, -0.2) is 16.6 Å². The molecule has 0 saturated carbocycles. The molecular weight excluding hydrogens is 174 g/mol. The van der Waals surface area contributed by atoms with E-state index < -0.39 is 11.6 Å². The molecule has 1 aliphatic carbocycles. The highest BCUT2D eigenvalue weighted by molar-refractivity contribution is 7.09. The maximum atomic E-state index is 10.9. The quantitative estimate of drug-likeness (QED) is 0.488. The minimum atomic E-state index is -0.479. The predicted molar refractivity (Wildman–Crippen MR) is 45.0 cm³/mol. The fourth-order valence-electron chi connectivity index (χ4n) is 1.05. The average molecular weight is 179 g/mol. The van der Waals surface area contributed by atoms with E-state index in [1.807, 2.05) is 6.92 Å². The third kappa shape index (κ3) is 1.00. The number of carbonyl (C=O) groups is 2. The number of Topliss-reactive ketones (excluding diaryl/α,β-unsaturated/α-hetero) is 2. The Balaban J connectivity index is 2.86. The van der Waals surface area contributed by atoms with E-state index >= 15 is 0 Å². The molecule has 4 heteroatoms. The molecule has 0 N–H and O–H groups in total. The van der Waals surface area contributed by atoms with Crippen LogP contribution in [0.3, 0.4) is 0 Å². The van der Waals surface area contributed by atoms with E-state index in [0.717, 1.165) is 9.54 Å². The molecule has 0 radical (unpaired) electrons. The van der Waals surface area contributed by atoms with Crippen molar-refractivity contribution in [1.29, 1.82) is 0 Å². The van der Waals surface area contributed by atoms with Crippen LogP contribution >= 0.6 is 11.3 Å². The number of hydrogen-bond acceptors (Lipinski definition) is 4. The molecule has 1 aromatic heterocycles. The van der Waals surface area contributed by atoms with E-state index in [-0.39, 0.29) is 0 Å². The average Bonchev–Trinajstić information content (AvgIpc) is 2.30. The summed E-state index contributed by atoms with van der Waals surface area (Å²) in [5, 5.41) is 1.50. The van der Waals surface area contributed by atoms with Crippen molar-refractivity contribution in [2.24, 2.45) is 0 Å². The Bertz CT molecular complexity index is 440. The van der Waals surface area contributed by atoms with E-state index in [9.17, 15) is 9.59 Å². The summed E-state index contributed by atoms with van der Waals surface area (Å²) < 4.78 is 0.789. The molecule has 1 aliphatic rings. The van der Waals surface area contributed by atoms with Gasteiger partial charge in [0.15, 0.2) is 0 Å². The number of aromatic nitrogens is 1. The summed E-state index contributed by atoms with van der Waals surface area (Å²) >= 11 is 1.42. The van der Waals surface area contributed by atoms with Gasteiger partial charge in [0, 0.05) is 12.2 Å². The summed E-state index contributed by atoms with van der Waals surface area (Å²) in [7, 11) is 0. The van der Waals surface area contributed by atoms with Crippen LogP contribution in [0.25, 0.3) is 12.2 Å². The van der Waals surface area contributed by atoms with Crippen LogP contribution in [0.4, 0.5) is 0 Å². The monoisotopic (exact) mass is 179 g/mol. The molecule has 12 heavy (non-hydrogen) atoms. The molecule has 60 valence electrons. The second-order valence-electron chi connectivity index (χ2n) is 2.50. The molecule has 1 heterocycles. The van der Waals surface area contributed by atoms with Crippen LogP contribution < -0.4 is 9.88 Å². The van der Waals surface area contributed by atoms with Crippen LogP contribution in [-0.2, 0) is 9.59 Å². The van der Waals surface area contributed by atoms with E-state index in [1.165, 1.54) is 23.5 Å². The van der Waals surface area contributed by atoms with Crippen LogP contribution in [0, 0.1) is 6.92 Å². The van der Waals surface area contributed by atoms with Crippen molar-refractivity contribution in [3.63, 3.8) is 0 Å². The molecular formula is C8H5NO2S. The summed E-state index contributed by atoms with van der Waals surface area (Å²) in [6, 6.07) is 0. The number of rotatable bonds is 0. The standard InChI is InChI=1S/C8H5NO2S/c1-4-9-5-2-6(10)7(11)3-8(5)12-4/h2-3H,1H3. The van der Waals surface area contributed by atoms with Gasteiger partial charge < -0.3 is 0 Å². The van der Waals surface area contributed by atoms with Crippen molar-refractivity contribution in [3.8, 4) is 0 Å². The van der Waals surface area contributed by atoms with Gasteiger partial charge in [0.1, 0.15) is 0 Å². The maximum Gasteiger partial charge on any atom is 0.227 e. The van der Waals surface area contributed by atoms with E-state index in [1.54, 1.807) is 0 Å². The molecule has 0 aliphatic heterocycles. The smallest absolute Gasteiger partial charge is 0.227 e. The summed E-state index contributed by atoms with van der Waals surface area (Å²) in [5.41, 5.74) is 0. The van der Waals surface area contributed by atoms with Gasteiger partial charge in [-0.25, -0.2) is 4.98 Å². The van der Waals surface area contributed by atoms with Gasteiger partial charge in [-0.2, -0.15) is 0 Å². The number of hydrogen-bond donors (Lipinski definition) is 0. The Morgan fingerprint density at radius 3 is 2.67 bits per heavy atom. The Hall–Kier alpha value is -1.29. The lowest BCUT2D eigenvalue weighted by atomic mass is 10.2. The number of nitrogens with zero attached hydrogens (tertiary/aromatic N) is 1. The van der Waals surface area contributed by atoms with Crippen LogP contribution in [0.1, 0.15) is 5.01 Å². The minimum absolute atomic E-state index is 0.453. The molecule has 1 aromatic rings. The lowest BCUT2D eigenvalue weighted by molar-refractivity contribution is -0.129. The molecule has 0 unspecified atom stereocenters. The zero-order chi connectivity index (χ0) is 8.72. The SMILES string of the molecule is Cc1nc2c(s1)=CC(=O)C(=O)C=2. The first-order valence-electron chi connectivity index (χ1n) is 3.42. The van der Waals surface area contributed by atoms with Gasteiger partial charge in [-0.05, 0) is 6.92 Å². The lowest BCUT2D eigenvalue weighted by Gasteiger charge is -1.89. The first kappa shape index (κ1) is 7.36. The van der Waals surface area contributed by atoms with Crippen molar-refractivity contribution in [2.75, 3.05) is 0 Å². The molecule has 0 bridgehead atoms. The fraction of sp³-hybridized carbons (Fsp3) is 0.125. The molecule has 2 rings (SSSR count). The first-order chi connectivity index (χ1) is 5.66. The highest BCUT2D eigenvalue weighted by Gasteiger charge is 2.13. The predicted octanol–water partition coefficient (Wildman–Crippen LogP) is -0.836. The fourth-order valence-corrected chi connectivity index (χ4v) is 1.89. The van der Waals surface area contributed by atoms with Crippen molar-refractivity contribution >= 4 is 35.1 Å². The molecule has 0 atom stereocenters. The summed E-state index contributed by atoms with van der Waals surface area (Å²) in [6.07, 6.45) is 2.64. The third-order valence-corrected chi connectivity index (χ3v) is 2.49. The van der Waals surface area contributed by atoms with Crippen molar-refractivity contribution in [1.82, 2.24) is 4.98 Å². The summed E-state index contributed by atoms with van der Waals surface area (Å²) in [6.45, 7) is 1.85. The van der Waals surface area contributed by atoms with Gasteiger partial charge in [0.05, 0.1) is 14.9 Å². The van der Waals surface area contributed by atoms with Gasteiger partial charge in [-0.15, -0.1) is 11.3 Å². The Kier molecular flexibility index (Phi) is 1.44. The van der Waals surface area contributed by atoms with Crippen LogP contribution in [0.15, 0.2) is 0 Å². The molecule has 0 amide bonds. The second kappa shape index (κ2) is 2.35. The van der Waals surface area contributed by atoms with Crippen molar-refractivity contribution in [3.05, 3.63) is 14.9 Å². The molecule has 3 nitrogen and oxygen atoms in total. The molecule has 0 spiro atoms. The maximum absolute atomic E-state index is 10.9. The van der Waals surface area contributed by atoms with Gasteiger partial charge >= 0.3 is 0 Å². The summed E-state index contributed by atoms with van der Waals surface area (Å²) in [4.78, 5) is 25.9. The van der Waals surface area contributed by atoms with Crippen LogP contribution in [0.5, 0.6) is 0 Å². The largest absolute Gasteiger partial charge is 0.286 e. The Morgan fingerprint density at radius 2 is 1.92 bits per heavy atom. The number of aryl methyl sites for hydroxylation is 1. The Morgan fingerprint density at radius 1 is 1.25 bits per heavy atom. The number of carbonyl (C=O) groups excluding carboxylic acids is 2. The normalized spacial score (nSPS) is 15.1. The van der Waals surface area contributed by atoms with Gasteiger partial charge in [-0.1, -0.05) is 0 Å². The van der Waals surface area contributed by atoms with Crippen LogP contribution in [0.2, 0.25) is 0 Å². The number of fused-ring (bicyclic) bond motifs is 1. The van der Waals surface area contributed by atoms with E-state index in [0.29, 0.717) is 5.35 Å². The van der Waals surface area contributed by atoms with Gasteiger partial charge in [-0.3, -0.25) is 9.59 Å². The zero-order valence-corrected chi connectivity index (χ0v) is 7.14. The first-order valence-corrected chi connectivity index (χ1v) is 4.23. The Labute approximate surface area is 72.1 Å². The highest BCUT2D eigenvalue weighted by Crippen LogP contribution is 1.94. The second-order valence-corrected chi connectivity index (χ2v) is 3.73. The van der Waals surface area contributed by atoms with Gasteiger partial charge in [0.2, 0.25) is 11.6 Å². The molecule has 0 saturated heterocycles. The highest BCUT2D eigenvalue weighted by atomic mass is 32.1. The zero-order valence-electron chi connectivity index (χ0n) is 6.33. The number of thiazole rings is 1. The van der Waals surface area contributed by atoms with Crippen molar-refractivity contribution < 1.29 is 9.59 Å². The molecule has 0 aromatic carbocycles. The number of ketones is 2. The lowest BCUT2D eigenvalue weighted by Crippen LogP contribution is -2.30.